The number of nitrogens with zero attached hydrogens (tertiary/aromatic N) is 1. The number of ether oxygens (including phenoxy) is 1. The first-order valence-electron chi connectivity index (χ1n) is 7.30. The molecular formula is C15H25ClN2O2S. The van der Waals surface area contributed by atoms with E-state index in [9.17, 15) is 4.79 Å². The fourth-order valence-corrected chi connectivity index (χ4v) is 3.57. The van der Waals surface area contributed by atoms with Crippen LogP contribution >= 0.6 is 23.7 Å². The van der Waals surface area contributed by atoms with Gasteiger partial charge < -0.3 is 15.0 Å². The van der Waals surface area contributed by atoms with Crippen LogP contribution in [0.15, 0.2) is 6.07 Å². The van der Waals surface area contributed by atoms with Crippen LogP contribution in [0.4, 0.5) is 0 Å². The number of aryl methyl sites for hydroxylation is 1. The van der Waals surface area contributed by atoms with Gasteiger partial charge in [0.2, 0.25) is 0 Å². The molecule has 1 N–H and O–H groups in total. The van der Waals surface area contributed by atoms with Crippen molar-refractivity contribution >= 4 is 29.7 Å². The lowest BCUT2D eigenvalue weighted by molar-refractivity contribution is 0.0692. The standard InChI is InChI=1S/C15H24N2O2S.ClH/c1-4-16-10-12-5-7-17(8-6-12)15(18)14-13(19-3)9-11(2)20-14;/h9,12,16H,4-8,10H2,1-3H3;1H. The van der Waals surface area contributed by atoms with Crippen molar-refractivity contribution in [2.45, 2.75) is 26.7 Å². The van der Waals surface area contributed by atoms with Crippen LogP contribution in [0.2, 0.25) is 0 Å². The van der Waals surface area contributed by atoms with Gasteiger partial charge in [-0.05, 0) is 44.8 Å². The Labute approximate surface area is 137 Å². The zero-order valence-corrected chi connectivity index (χ0v) is 14.6. The quantitative estimate of drug-likeness (QED) is 0.901. The number of carbonyl (C=O) groups excluding carboxylic acids is 1. The summed E-state index contributed by atoms with van der Waals surface area (Å²) in [4.78, 5) is 16.4. The number of amides is 1. The number of thiophene rings is 1. The molecule has 0 unspecified atom stereocenters. The number of piperidine rings is 1. The Balaban J connectivity index is 0.00000220. The first-order chi connectivity index (χ1) is 9.65. The molecule has 0 atom stereocenters. The summed E-state index contributed by atoms with van der Waals surface area (Å²) in [6, 6.07) is 1.94. The van der Waals surface area contributed by atoms with E-state index in [1.807, 2.05) is 17.9 Å². The molecule has 2 heterocycles. The molecule has 21 heavy (non-hydrogen) atoms. The summed E-state index contributed by atoms with van der Waals surface area (Å²) in [5.74, 6) is 1.54. The van der Waals surface area contributed by atoms with Gasteiger partial charge in [0, 0.05) is 18.0 Å². The van der Waals surface area contributed by atoms with E-state index in [1.54, 1.807) is 7.11 Å². The molecule has 0 saturated carbocycles. The summed E-state index contributed by atoms with van der Waals surface area (Å²) in [6.07, 6.45) is 2.18. The number of carbonyl (C=O) groups is 1. The van der Waals surface area contributed by atoms with E-state index in [1.165, 1.54) is 11.3 Å². The largest absolute Gasteiger partial charge is 0.495 e. The third-order valence-corrected chi connectivity index (χ3v) is 4.84. The van der Waals surface area contributed by atoms with Gasteiger partial charge >= 0.3 is 0 Å². The molecule has 0 radical (unpaired) electrons. The highest BCUT2D eigenvalue weighted by molar-refractivity contribution is 7.14. The van der Waals surface area contributed by atoms with E-state index < -0.39 is 0 Å². The van der Waals surface area contributed by atoms with Gasteiger partial charge in [-0.1, -0.05) is 6.92 Å². The topological polar surface area (TPSA) is 41.6 Å². The highest BCUT2D eigenvalue weighted by Crippen LogP contribution is 2.31. The molecule has 1 aliphatic rings. The first kappa shape index (κ1) is 18.3. The lowest BCUT2D eigenvalue weighted by Crippen LogP contribution is -2.40. The van der Waals surface area contributed by atoms with Crippen LogP contribution in [0.25, 0.3) is 0 Å². The first-order valence-corrected chi connectivity index (χ1v) is 8.11. The van der Waals surface area contributed by atoms with E-state index in [4.69, 9.17) is 4.74 Å². The molecule has 0 bridgehead atoms. The molecule has 120 valence electrons. The molecule has 4 nitrogen and oxygen atoms in total. The van der Waals surface area contributed by atoms with Gasteiger partial charge in [-0.15, -0.1) is 23.7 Å². The van der Waals surface area contributed by atoms with E-state index >= 15 is 0 Å². The van der Waals surface area contributed by atoms with Crippen LogP contribution in [0.1, 0.15) is 34.3 Å². The maximum Gasteiger partial charge on any atom is 0.267 e. The Morgan fingerprint density at radius 3 is 2.71 bits per heavy atom. The van der Waals surface area contributed by atoms with Crippen LogP contribution in [0, 0.1) is 12.8 Å². The Morgan fingerprint density at radius 2 is 2.14 bits per heavy atom. The second-order valence-corrected chi connectivity index (χ2v) is 6.55. The van der Waals surface area contributed by atoms with Crippen LogP contribution in [-0.4, -0.2) is 44.1 Å². The summed E-state index contributed by atoms with van der Waals surface area (Å²) in [6.45, 7) is 7.94. The molecule has 6 heteroatoms. The maximum atomic E-state index is 12.6. The Bertz CT molecular complexity index is 457. The minimum absolute atomic E-state index is 0. The Kier molecular flexibility index (Phi) is 7.49. The zero-order valence-electron chi connectivity index (χ0n) is 13.0. The summed E-state index contributed by atoms with van der Waals surface area (Å²) in [5, 5.41) is 3.39. The normalized spacial score (nSPS) is 15.7. The van der Waals surface area contributed by atoms with Crippen LogP contribution < -0.4 is 10.1 Å². The van der Waals surface area contributed by atoms with Crippen LogP contribution in [0.5, 0.6) is 5.75 Å². The third kappa shape index (κ3) is 4.59. The van der Waals surface area contributed by atoms with Gasteiger partial charge in [-0.3, -0.25) is 4.79 Å². The third-order valence-electron chi connectivity index (χ3n) is 3.82. The summed E-state index contributed by atoms with van der Waals surface area (Å²) in [7, 11) is 1.63. The van der Waals surface area contributed by atoms with E-state index in [0.717, 1.165) is 48.8 Å². The number of rotatable bonds is 5. The molecule has 1 aliphatic heterocycles. The van der Waals surface area contributed by atoms with Crippen LogP contribution in [0.3, 0.4) is 0 Å². The van der Waals surface area contributed by atoms with Crippen LogP contribution in [-0.2, 0) is 0 Å². The van der Waals surface area contributed by atoms with Crippen molar-refractivity contribution in [2.24, 2.45) is 5.92 Å². The summed E-state index contributed by atoms with van der Waals surface area (Å²) < 4.78 is 5.31. The summed E-state index contributed by atoms with van der Waals surface area (Å²) >= 11 is 1.53. The number of hydrogen-bond acceptors (Lipinski definition) is 4. The lowest BCUT2D eigenvalue weighted by Gasteiger charge is -2.32. The minimum Gasteiger partial charge on any atom is -0.495 e. The molecule has 0 spiro atoms. The molecule has 2 rings (SSSR count). The molecule has 1 amide bonds. The Morgan fingerprint density at radius 1 is 1.48 bits per heavy atom. The van der Waals surface area contributed by atoms with Gasteiger partial charge in [0.1, 0.15) is 10.6 Å². The van der Waals surface area contributed by atoms with Crippen molar-refractivity contribution in [3.8, 4) is 5.75 Å². The van der Waals surface area contributed by atoms with Crippen molar-refractivity contribution in [1.29, 1.82) is 0 Å². The fraction of sp³-hybridized carbons (Fsp3) is 0.667. The monoisotopic (exact) mass is 332 g/mol. The Hall–Kier alpha value is -0.780. The van der Waals surface area contributed by atoms with E-state index in [0.29, 0.717) is 11.7 Å². The van der Waals surface area contributed by atoms with Gasteiger partial charge in [0.05, 0.1) is 7.11 Å². The minimum atomic E-state index is 0. The van der Waals surface area contributed by atoms with Crippen molar-refractivity contribution in [2.75, 3.05) is 33.3 Å². The number of nitrogens with one attached hydrogen (secondary N) is 1. The smallest absolute Gasteiger partial charge is 0.267 e. The molecule has 0 aromatic carbocycles. The maximum absolute atomic E-state index is 12.6. The highest BCUT2D eigenvalue weighted by Gasteiger charge is 2.26. The fourth-order valence-electron chi connectivity index (χ4n) is 2.62. The van der Waals surface area contributed by atoms with Crippen molar-refractivity contribution in [3.05, 3.63) is 15.8 Å². The molecule has 1 saturated heterocycles. The molecular weight excluding hydrogens is 308 g/mol. The van der Waals surface area contributed by atoms with Crippen molar-refractivity contribution < 1.29 is 9.53 Å². The number of hydrogen-bond donors (Lipinski definition) is 1. The summed E-state index contributed by atoms with van der Waals surface area (Å²) in [5.41, 5.74) is 0. The number of likely N-dealkylation sites (tertiary alicyclic amines) is 1. The van der Waals surface area contributed by atoms with E-state index in [2.05, 4.69) is 12.2 Å². The zero-order chi connectivity index (χ0) is 14.5. The molecule has 1 fully saturated rings. The van der Waals surface area contributed by atoms with Crippen molar-refractivity contribution in [1.82, 2.24) is 10.2 Å². The second-order valence-electron chi connectivity index (χ2n) is 5.30. The number of methoxy groups -OCH3 is 1. The highest BCUT2D eigenvalue weighted by atomic mass is 35.5. The predicted octanol–water partition coefficient (Wildman–Crippen LogP) is 2.95. The van der Waals surface area contributed by atoms with Crippen molar-refractivity contribution in [3.63, 3.8) is 0 Å². The van der Waals surface area contributed by atoms with E-state index in [-0.39, 0.29) is 18.3 Å². The van der Waals surface area contributed by atoms with Gasteiger partial charge in [0.15, 0.2) is 0 Å². The average Bonchev–Trinajstić information content (AvgIpc) is 2.86. The average molecular weight is 333 g/mol. The van der Waals surface area contributed by atoms with Gasteiger partial charge in [-0.2, -0.15) is 0 Å². The predicted molar refractivity (Wildman–Crippen MR) is 90.0 cm³/mol. The molecule has 0 aliphatic carbocycles. The second kappa shape index (κ2) is 8.61. The van der Waals surface area contributed by atoms with Gasteiger partial charge in [-0.25, -0.2) is 0 Å². The SMILES string of the molecule is CCNCC1CCN(C(=O)c2sc(C)cc2OC)CC1.Cl. The molecule has 1 aromatic heterocycles. The lowest BCUT2D eigenvalue weighted by atomic mass is 9.96. The number of halogens is 1. The molecule has 1 aromatic rings. The van der Waals surface area contributed by atoms with Gasteiger partial charge in [0.25, 0.3) is 5.91 Å².